The summed E-state index contributed by atoms with van der Waals surface area (Å²) in [7, 11) is 0. The van der Waals surface area contributed by atoms with Gasteiger partial charge in [0.25, 0.3) is 5.91 Å². The number of ether oxygens (including phenoxy) is 1. The van der Waals surface area contributed by atoms with Crippen molar-refractivity contribution in [3.8, 4) is 0 Å². The second-order valence-corrected chi connectivity index (χ2v) is 10.9. The fraction of sp³-hybridized carbons (Fsp3) is 0.483. The smallest absolute Gasteiger partial charge is 0.418 e. The van der Waals surface area contributed by atoms with Gasteiger partial charge in [-0.2, -0.15) is 13.2 Å². The molecule has 2 atom stereocenters. The summed E-state index contributed by atoms with van der Waals surface area (Å²) in [5.74, 6) is -1.79. The van der Waals surface area contributed by atoms with E-state index in [1.54, 1.807) is 6.07 Å². The first-order valence-corrected chi connectivity index (χ1v) is 13.5. The molecule has 214 valence electrons. The molecule has 1 saturated heterocycles. The van der Waals surface area contributed by atoms with Gasteiger partial charge in [0.15, 0.2) is 0 Å². The highest BCUT2D eigenvalue weighted by atomic mass is 19.4. The van der Waals surface area contributed by atoms with Crippen LogP contribution in [0.4, 0.5) is 28.0 Å². The number of alkyl halides is 3. The molecule has 3 amide bonds. The number of amides is 3. The summed E-state index contributed by atoms with van der Waals surface area (Å²) in [5, 5.41) is 3.44. The van der Waals surface area contributed by atoms with Crippen LogP contribution in [0.3, 0.4) is 0 Å². The van der Waals surface area contributed by atoms with E-state index < -0.39 is 54.6 Å². The number of imide groups is 1. The van der Waals surface area contributed by atoms with Crippen LogP contribution >= 0.6 is 0 Å². The van der Waals surface area contributed by atoms with E-state index >= 15 is 0 Å². The zero-order valence-corrected chi connectivity index (χ0v) is 22.1. The van der Waals surface area contributed by atoms with Gasteiger partial charge in [0.05, 0.1) is 0 Å². The second-order valence-electron chi connectivity index (χ2n) is 10.9. The Labute approximate surface area is 229 Å². The summed E-state index contributed by atoms with van der Waals surface area (Å²) in [6.07, 6.45) is -0.309. The topological polar surface area (TPSA) is 79.0 Å². The number of benzene rings is 2. The molecule has 2 fully saturated rings. The lowest BCUT2D eigenvalue weighted by atomic mass is 9.94. The average molecular weight is 562 g/mol. The Morgan fingerprint density at radius 3 is 2.52 bits per heavy atom. The predicted molar refractivity (Wildman–Crippen MR) is 138 cm³/mol. The number of hydrogen-bond acceptors (Lipinski definition) is 5. The van der Waals surface area contributed by atoms with E-state index in [0.717, 1.165) is 36.9 Å². The van der Waals surface area contributed by atoms with Gasteiger partial charge in [-0.05, 0) is 67.5 Å². The molecule has 3 aliphatic rings. The number of rotatable bonds is 8. The molecule has 0 radical (unpaired) electrons. The van der Waals surface area contributed by atoms with Gasteiger partial charge >= 0.3 is 12.3 Å². The van der Waals surface area contributed by atoms with Crippen LogP contribution in [0.25, 0.3) is 0 Å². The molecule has 7 nitrogen and oxygen atoms in total. The molecule has 1 spiro atoms. The van der Waals surface area contributed by atoms with Crippen LogP contribution in [0.2, 0.25) is 0 Å². The lowest BCUT2D eigenvalue weighted by Gasteiger charge is -2.31. The summed E-state index contributed by atoms with van der Waals surface area (Å²) >= 11 is 0. The molecule has 1 aliphatic heterocycles. The number of aryl methyl sites for hydroxylation is 1. The van der Waals surface area contributed by atoms with Crippen LogP contribution in [-0.2, 0) is 32.9 Å². The molecule has 5 rings (SSSR count). The fourth-order valence-electron chi connectivity index (χ4n) is 5.87. The molecule has 1 unspecified atom stereocenters. The highest BCUT2D eigenvalue weighted by molar-refractivity contribution is 6.06. The third kappa shape index (κ3) is 5.38. The minimum absolute atomic E-state index is 0.182. The largest absolute Gasteiger partial charge is 0.427 e. The summed E-state index contributed by atoms with van der Waals surface area (Å²) in [4.78, 5) is 40.7. The van der Waals surface area contributed by atoms with Crippen LogP contribution in [0.5, 0.6) is 0 Å². The number of hydrogen-bond donors (Lipinski definition) is 1. The van der Waals surface area contributed by atoms with Gasteiger partial charge < -0.3 is 15.0 Å². The van der Waals surface area contributed by atoms with Gasteiger partial charge in [0, 0.05) is 30.8 Å². The van der Waals surface area contributed by atoms with Gasteiger partial charge in [0.2, 0.25) is 11.5 Å². The summed E-state index contributed by atoms with van der Waals surface area (Å²) < 4.78 is 59.8. The second kappa shape index (κ2) is 10.7. The van der Waals surface area contributed by atoms with E-state index in [-0.39, 0.29) is 12.0 Å². The standard InChI is InChI=1S/C29H31F4N3O4/c1-18(29(31,32)33)35(16-20-6-8-22(30)9-7-20)25(37)17-36-26(38)28(40-27(36)39)13-12-21-14-23(10-11-24(21)28)34-15-19-4-2-3-5-19/h6-11,14,18-19,34H,2-5,12-13,15-17H2,1H3/t18-,28?/m0/s1. The number of anilines is 1. The van der Waals surface area contributed by atoms with Crippen molar-refractivity contribution in [2.45, 2.75) is 69.8 Å². The lowest BCUT2D eigenvalue weighted by Crippen LogP contribution is -2.51. The number of nitrogens with one attached hydrogen (secondary N) is 1. The van der Waals surface area contributed by atoms with E-state index in [1.165, 1.54) is 37.8 Å². The molecule has 1 N–H and O–H groups in total. The maximum Gasteiger partial charge on any atom is 0.418 e. The van der Waals surface area contributed by atoms with Crippen molar-refractivity contribution >= 4 is 23.6 Å². The number of fused-ring (bicyclic) bond motifs is 2. The van der Waals surface area contributed by atoms with Crippen LogP contribution < -0.4 is 5.32 Å². The van der Waals surface area contributed by atoms with Gasteiger partial charge in [-0.3, -0.25) is 9.59 Å². The van der Waals surface area contributed by atoms with Crippen LogP contribution in [0, 0.1) is 11.7 Å². The Bertz CT molecular complexity index is 1290. The van der Waals surface area contributed by atoms with Crippen molar-refractivity contribution < 1.29 is 36.7 Å². The van der Waals surface area contributed by atoms with E-state index in [1.807, 2.05) is 12.1 Å². The summed E-state index contributed by atoms with van der Waals surface area (Å²) in [5.41, 5.74) is 0.936. The number of carbonyl (C=O) groups excluding carboxylic acids is 3. The third-order valence-corrected chi connectivity index (χ3v) is 8.25. The molecule has 0 bridgehead atoms. The van der Waals surface area contributed by atoms with E-state index in [9.17, 15) is 31.9 Å². The molecule has 2 aromatic carbocycles. The minimum atomic E-state index is -4.76. The van der Waals surface area contributed by atoms with Gasteiger partial charge in [-0.1, -0.05) is 31.0 Å². The van der Waals surface area contributed by atoms with Crippen molar-refractivity contribution in [1.82, 2.24) is 9.80 Å². The third-order valence-electron chi connectivity index (χ3n) is 8.25. The molecule has 1 saturated carbocycles. The molecule has 0 aromatic heterocycles. The van der Waals surface area contributed by atoms with Gasteiger partial charge in [-0.15, -0.1) is 0 Å². The number of nitrogens with zero attached hydrogens (tertiary/aromatic N) is 2. The molecule has 1 heterocycles. The van der Waals surface area contributed by atoms with Crippen molar-refractivity contribution in [3.63, 3.8) is 0 Å². The first-order valence-electron chi connectivity index (χ1n) is 13.5. The van der Waals surface area contributed by atoms with Gasteiger partial charge in [0.1, 0.15) is 18.4 Å². The quantitative estimate of drug-likeness (QED) is 0.429. The summed E-state index contributed by atoms with van der Waals surface area (Å²) in [6.45, 7) is 0.288. The predicted octanol–water partition coefficient (Wildman–Crippen LogP) is 5.53. The van der Waals surface area contributed by atoms with Crippen molar-refractivity contribution in [2.24, 2.45) is 5.92 Å². The Hall–Kier alpha value is -3.63. The monoisotopic (exact) mass is 561 g/mol. The molecular formula is C29H31F4N3O4. The first kappa shape index (κ1) is 27.9. The highest BCUT2D eigenvalue weighted by Crippen LogP contribution is 2.46. The highest BCUT2D eigenvalue weighted by Gasteiger charge is 2.58. The Kier molecular flexibility index (Phi) is 7.50. The first-order chi connectivity index (χ1) is 19.0. The van der Waals surface area contributed by atoms with Gasteiger partial charge in [-0.25, -0.2) is 14.1 Å². The van der Waals surface area contributed by atoms with Crippen LogP contribution in [0.15, 0.2) is 42.5 Å². The minimum Gasteiger partial charge on any atom is -0.427 e. The maximum absolute atomic E-state index is 13.6. The Morgan fingerprint density at radius 1 is 1.15 bits per heavy atom. The van der Waals surface area contributed by atoms with Crippen molar-refractivity contribution in [2.75, 3.05) is 18.4 Å². The van der Waals surface area contributed by atoms with Crippen molar-refractivity contribution in [3.05, 3.63) is 65.0 Å². The molecule has 11 heteroatoms. The molecular weight excluding hydrogens is 530 g/mol. The van der Waals surface area contributed by atoms with E-state index in [4.69, 9.17) is 4.74 Å². The number of halogens is 4. The molecule has 2 aliphatic carbocycles. The molecule has 2 aromatic rings. The Balaban J connectivity index is 1.32. The van der Waals surface area contributed by atoms with E-state index in [2.05, 4.69) is 5.32 Å². The zero-order valence-electron chi connectivity index (χ0n) is 22.1. The molecule has 40 heavy (non-hydrogen) atoms. The van der Waals surface area contributed by atoms with Crippen LogP contribution in [0.1, 0.15) is 55.7 Å². The maximum atomic E-state index is 13.6. The SMILES string of the molecule is C[C@H](N(Cc1ccc(F)cc1)C(=O)CN1C(=O)OC2(CCc3cc(NCC4CCCC4)ccc32)C1=O)C(F)(F)F. The normalized spacial score (nSPS) is 21.6. The number of carbonyl (C=O) groups is 3. The van der Waals surface area contributed by atoms with Crippen molar-refractivity contribution in [1.29, 1.82) is 0 Å². The average Bonchev–Trinajstić information content (AvgIpc) is 3.62. The lowest BCUT2D eigenvalue weighted by molar-refractivity contribution is -0.187. The van der Waals surface area contributed by atoms with E-state index in [0.29, 0.717) is 27.7 Å². The zero-order chi connectivity index (χ0) is 28.7. The summed E-state index contributed by atoms with van der Waals surface area (Å²) in [6, 6.07) is 7.99. The van der Waals surface area contributed by atoms with Crippen LogP contribution in [-0.4, -0.2) is 53.0 Å². The Morgan fingerprint density at radius 2 is 1.85 bits per heavy atom. The fourth-order valence-corrected chi connectivity index (χ4v) is 5.87.